The van der Waals surface area contributed by atoms with E-state index in [4.69, 9.17) is 4.74 Å². The molecule has 1 heterocycles. The number of rotatable bonds is 6. The summed E-state index contributed by atoms with van der Waals surface area (Å²) in [6.45, 7) is 9.22. The van der Waals surface area contributed by atoms with Crippen molar-refractivity contribution >= 4 is 31.6 Å². The van der Waals surface area contributed by atoms with Gasteiger partial charge in [-0.1, -0.05) is 6.07 Å². The monoisotopic (exact) mass is 515 g/mol. The Kier molecular flexibility index (Phi) is 8.13. The highest BCUT2D eigenvalue weighted by atomic mass is 32.2. The molecule has 1 saturated carbocycles. The number of carbonyl (C=O) groups excluding carboxylic acids is 1. The van der Waals surface area contributed by atoms with Crippen LogP contribution >= 0.6 is 0 Å². The zero-order valence-corrected chi connectivity index (χ0v) is 22.2. The number of ether oxygens (including phenoxy) is 1. The molecule has 1 aromatic carbocycles. The standard InChI is InChI=1S/C23H37N3O6S2/c1-16-14-26(15-17(2)32-16)33(28,29)21-8-6-7-20(13-21)24-22(27)18-9-11-19(12-10-18)25-34(30,31)23(3,4)5/h6-8,13,16-19,25H,9-12,14-15H2,1-5H3,(H,24,27)/t16?,17?,18-,19-. The number of morpholine rings is 1. The van der Waals surface area contributed by atoms with Gasteiger partial charge in [-0.15, -0.1) is 0 Å². The van der Waals surface area contributed by atoms with E-state index in [2.05, 4.69) is 10.0 Å². The van der Waals surface area contributed by atoms with Crippen LogP contribution in [0.3, 0.4) is 0 Å². The lowest BCUT2D eigenvalue weighted by Crippen LogP contribution is -2.48. The molecule has 2 unspecified atom stereocenters. The van der Waals surface area contributed by atoms with E-state index in [0.29, 0.717) is 31.4 Å². The second-order valence-corrected chi connectivity index (χ2v) is 14.8. The number of benzene rings is 1. The second-order valence-electron chi connectivity index (χ2n) is 10.4. The summed E-state index contributed by atoms with van der Waals surface area (Å²) in [6, 6.07) is 6.13. The normalized spacial score (nSPS) is 27.3. The highest BCUT2D eigenvalue weighted by Gasteiger charge is 2.35. The molecule has 3 rings (SSSR count). The summed E-state index contributed by atoms with van der Waals surface area (Å²) in [5, 5.41) is 2.85. The van der Waals surface area contributed by atoms with Crippen molar-refractivity contribution in [2.45, 2.75) is 88.2 Å². The van der Waals surface area contributed by atoms with Gasteiger partial charge < -0.3 is 10.1 Å². The molecule has 1 aromatic rings. The Morgan fingerprint density at radius 2 is 1.59 bits per heavy atom. The summed E-state index contributed by atoms with van der Waals surface area (Å²) >= 11 is 0. The van der Waals surface area contributed by atoms with Crippen molar-refractivity contribution in [2.24, 2.45) is 5.92 Å². The molecule has 0 spiro atoms. The Bertz CT molecular complexity index is 1080. The van der Waals surface area contributed by atoms with E-state index in [1.807, 2.05) is 13.8 Å². The second kappa shape index (κ2) is 10.2. The molecule has 0 aromatic heterocycles. The minimum atomic E-state index is -3.71. The van der Waals surface area contributed by atoms with Gasteiger partial charge >= 0.3 is 0 Å². The SMILES string of the molecule is CC1CN(S(=O)(=O)c2cccc(NC(=O)[C@H]3CC[C@H](NS(=O)(=O)C(C)(C)C)CC3)c2)CC(C)O1. The van der Waals surface area contributed by atoms with E-state index in [9.17, 15) is 21.6 Å². The molecule has 192 valence electrons. The number of nitrogens with one attached hydrogen (secondary N) is 2. The zero-order chi connectivity index (χ0) is 25.3. The third-order valence-electron chi connectivity index (χ3n) is 6.35. The maximum absolute atomic E-state index is 13.1. The molecule has 0 bridgehead atoms. The maximum Gasteiger partial charge on any atom is 0.243 e. The number of nitrogens with zero attached hydrogens (tertiary/aromatic N) is 1. The highest BCUT2D eigenvalue weighted by Crippen LogP contribution is 2.28. The van der Waals surface area contributed by atoms with E-state index in [-0.39, 0.29) is 48.1 Å². The van der Waals surface area contributed by atoms with Crippen molar-refractivity contribution in [3.05, 3.63) is 24.3 Å². The molecule has 34 heavy (non-hydrogen) atoms. The van der Waals surface area contributed by atoms with Crippen molar-refractivity contribution in [1.29, 1.82) is 0 Å². The largest absolute Gasteiger partial charge is 0.373 e. The molecule has 1 amide bonds. The molecular formula is C23H37N3O6S2. The molecule has 1 aliphatic heterocycles. The zero-order valence-electron chi connectivity index (χ0n) is 20.6. The molecule has 0 radical (unpaired) electrons. The lowest BCUT2D eigenvalue weighted by Gasteiger charge is -2.34. The molecule has 1 aliphatic carbocycles. The number of hydrogen-bond donors (Lipinski definition) is 2. The summed E-state index contributed by atoms with van der Waals surface area (Å²) < 4.78 is 60.0. The topological polar surface area (TPSA) is 122 Å². The summed E-state index contributed by atoms with van der Waals surface area (Å²) in [5.41, 5.74) is 0.427. The Morgan fingerprint density at radius 1 is 1.00 bits per heavy atom. The molecule has 11 heteroatoms. The first-order valence-electron chi connectivity index (χ1n) is 11.8. The third-order valence-corrected chi connectivity index (χ3v) is 10.4. The first kappa shape index (κ1) is 27.1. The van der Waals surface area contributed by atoms with Crippen LogP contribution < -0.4 is 10.0 Å². The number of sulfonamides is 2. The Hall–Kier alpha value is -1.53. The first-order valence-corrected chi connectivity index (χ1v) is 14.7. The van der Waals surface area contributed by atoms with Gasteiger partial charge in [0.1, 0.15) is 0 Å². The van der Waals surface area contributed by atoms with Gasteiger partial charge in [-0.05, 0) is 78.5 Å². The minimum Gasteiger partial charge on any atom is -0.373 e. The average Bonchev–Trinajstić information content (AvgIpc) is 2.72. The van der Waals surface area contributed by atoms with Crippen LogP contribution in [0.2, 0.25) is 0 Å². The van der Waals surface area contributed by atoms with Gasteiger partial charge in [-0.2, -0.15) is 4.31 Å². The van der Waals surface area contributed by atoms with E-state index < -0.39 is 24.8 Å². The van der Waals surface area contributed by atoms with Crippen LogP contribution in [0.5, 0.6) is 0 Å². The van der Waals surface area contributed by atoms with Crippen LogP contribution in [0.1, 0.15) is 60.3 Å². The molecule has 2 aliphatic rings. The highest BCUT2D eigenvalue weighted by molar-refractivity contribution is 7.90. The predicted molar refractivity (Wildman–Crippen MR) is 131 cm³/mol. The molecule has 1 saturated heterocycles. The first-order chi connectivity index (χ1) is 15.7. The average molecular weight is 516 g/mol. The summed E-state index contributed by atoms with van der Waals surface area (Å²) in [7, 11) is -7.15. The van der Waals surface area contributed by atoms with E-state index >= 15 is 0 Å². The maximum atomic E-state index is 13.1. The van der Waals surface area contributed by atoms with E-state index in [0.717, 1.165) is 0 Å². The van der Waals surface area contributed by atoms with Crippen molar-refractivity contribution in [1.82, 2.24) is 9.03 Å². The molecule has 2 atom stereocenters. The molecule has 2 N–H and O–H groups in total. The fourth-order valence-electron chi connectivity index (χ4n) is 4.32. The minimum absolute atomic E-state index is 0.131. The molecule has 9 nitrogen and oxygen atoms in total. The van der Waals surface area contributed by atoms with Gasteiger partial charge in [0.2, 0.25) is 26.0 Å². The van der Waals surface area contributed by atoms with Crippen LogP contribution in [0.15, 0.2) is 29.2 Å². The van der Waals surface area contributed by atoms with Crippen LogP contribution in [-0.2, 0) is 29.6 Å². The summed E-state index contributed by atoms with van der Waals surface area (Å²) in [5.74, 6) is -0.433. The Morgan fingerprint density at radius 3 is 2.15 bits per heavy atom. The van der Waals surface area contributed by atoms with Crippen molar-refractivity contribution < 1.29 is 26.4 Å². The van der Waals surface area contributed by atoms with Crippen molar-refractivity contribution in [2.75, 3.05) is 18.4 Å². The van der Waals surface area contributed by atoms with Crippen molar-refractivity contribution in [3.63, 3.8) is 0 Å². The Labute approximate surface area is 203 Å². The van der Waals surface area contributed by atoms with E-state index in [1.54, 1.807) is 32.9 Å². The number of hydrogen-bond acceptors (Lipinski definition) is 6. The molecule has 2 fully saturated rings. The third kappa shape index (κ3) is 6.37. The Balaban J connectivity index is 1.61. The summed E-state index contributed by atoms with van der Waals surface area (Å²) in [4.78, 5) is 13.0. The van der Waals surface area contributed by atoms with E-state index in [1.165, 1.54) is 16.4 Å². The number of amides is 1. The summed E-state index contributed by atoms with van der Waals surface area (Å²) in [6.07, 6.45) is 1.90. The fraction of sp³-hybridized carbons (Fsp3) is 0.696. The van der Waals surface area contributed by atoms with Crippen LogP contribution in [0.25, 0.3) is 0 Å². The van der Waals surface area contributed by atoms with Crippen LogP contribution in [0.4, 0.5) is 5.69 Å². The quantitative estimate of drug-likeness (QED) is 0.601. The fourth-order valence-corrected chi connectivity index (χ4v) is 6.99. The van der Waals surface area contributed by atoms with Gasteiger partial charge in [-0.3, -0.25) is 4.79 Å². The number of anilines is 1. The van der Waals surface area contributed by atoms with Gasteiger partial charge in [0.25, 0.3) is 0 Å². The smallest absolute Gasteiger partial charge is 0.243 e. The lowest BCUT2D eigenvalue weighted by molar-refractivity contribution is -0.120. The van der Waals surface area contributed by atoms with Crippen LogP contribution in [0, 0.1) is 5.92 Å². The van der Waals surface area contributed by atoms with Gasteiger partial charge in [-0.25, -0.2) is 21.6 Å². The van der Waals surface area contributed by atoms with Crippen LogP contribution in [-0.4, -0.2) is 63.1 Å². The number of carbonyl (C=O) groups is 1. The van der Waals surface area contributed by atoms with Gasteiger partial charge in [0, 0.05) is 30.7 Å². The molecular weight excluding hydrogens is 478 g/mol. The predicted octanol–water partition coefficient (Wildman–Crippen LogP) is 2.70. The van der Waals surface area contributed by atoms with Gasteiger partial charge in [0.15, 0.2) is 0 Å². The lowest BCUT2D eigenvalue weighted by atomic mass is 9.86. The van der Waals surface area contributed by atoms with Gasteiger partial charge in [0.05, 0.1) is 21.9 Å². The van der Waals surface area contributed by atoms with Crippen molar-refractivity contribution in [3.8, 4) is 0 Å².